The number of carbonyl (C=O) groups excluding carboxylic acids is 2. The number of halogens is 1. The molecule has 0 aliphatic carbocycles. The number of hydrogen-bond acceptors (Lipinski definition) is 6. The lowest BCUT2D eigenvalue weighted by atomic mass is 10.1. The SMILES string of the molecule is CCOc1cc(C=NNC(=O)C(C)C(=O)Nc2ccc(OC)cc2)cc(I)c1OC(C)C. The van der Waals surface area contributed by atoms with Gasteiger partial charge >= 0.3 is 0 Å². The number of benzene rings is 2. The quantitative estimate of drug-likeness (QED) is 0.199. The van der Waals surface area contributed by atoms with E-state index in [0.29, 0.717) is 29.5 Å². The van der Waals surface area contributed by atoms with Gasteiger partial charge < -0.3 is 19.5 Å². The number of rotatable bonds is 10. The van der Waals surface area contributed by atoms with Crippen molar-refractivity contribution in [3.8, 4) is 17.2 Å². The maximum atomic E-state index is 12.3. The molecule has 8 nitrogen and oxygen atoms in total. The maximum Gasteiger partial charge on any atom is 0.252 e. The van der Waals surface area contributed by atoms with Crippen LogP contribution in [-0.4, -0.2) is 37.8 Å². The first kappa shape index (κ1) is 25.4. The van der Waals surface area contributed by atoms with Crippen molar-refractivity contribution < 1.29 is 23.8 Å². The number of ether oxygens (including phenoxy) is 3. The minimum absolute atomic E-state index is 0.00655. The molecule has 0 radical (unpaired) electrons. The van der Waals surface area contributed by atoms with Crippen LogP contribution in [0.25, 0.3) is 0 Å². The van der Waals surface area contributed by atoms with Crippen molar-refractivity contribution in [2.24, 2.45) is 11.0 Å². The van der Waals surface area contributed by atoms with Crippen molar-refractivity contribution >= 4 is 46.3 Å². The Morgan fingerprint density at radius 3 is 2.41 bits per heavy atom. The smallest absolute Gasteiger partial charge is 0.252 e. The summed E-state index contributed by atoms with van der Waals surface area (Å²) in [6, 6.07) is 10.5. The molecule has 1 atom stereocenters. The Hall–Kier alpha value is -2.82. The molecular weight excluding hydrogens is 525 g/mol. The fraction of sp³-hybridized carbons (Fsp3) is 0.348. The van der Waals surface area contributed by atoms with Crippen LogP contribution in [0.4, 0.5) is 5.69 Å². The number of nitrogens with zero attached hydrogens (tertiary/aromatic N) is 1. The first-order chi connectivity index (χ1) is 15.2. The zero-order valence-corrected chi connectivity index (χ0v) is 20.9. The Morgan fingerprint density at radius 2 is 1.81 bits per heavy atom. The van der Waals surface area contributed by atoms with Gasteiger partial charge in [0.05, 0.1) is 29.6 Å². The van der Waals surface area contributed by atoms with Gasteiger partial charge in [-0.2, -0.15) is 5.10 Å². The molecule has 2 aromatic rings. The van der Waals surface area contributed by atoms with Gasteiger partial charge in [0.25, 0.3) is 5.91 Å². The largest absolute Gasteiger partial charge is 0.497 e. The summed E-state index contributed by atoms with van der Waals surface area (Å²) in [5.41, 5.74) is 3.71. The van der Waals surface area contributed by atoms with E-state index in [4.69, 9.17) is 14.2 Å². The third-order valence-corrected chi connectivity index (χ3v) is 5.02. The number of carbonyl (C=O) groups is 2. The van der Waals surface area contributed by atoms with E-state index in [9.17, 15) is 9.59 Å². The molecule has 0 bridgehead atoms. The number of methoxy groups -OCH3 is 1. The Labute approximate surface area is 201 Å². The van der Waals surface area contributed by atoms with Crippen LogP contribution >= 0.6 is 22.6 Å². The Balaban J connectivity index is 2.01. The summed E-state index contributed by atoms with van der Waals surface area (Å²) < 4.78 is 17.5. The Morgan fingerprint density at radius 1 is 1.12 bits per heavy atom. The third-order valence-electron chi connectivity index (χ3n) is 4.22. The van der Waals surface area contributed by atoms with Gasteiger partial charge in [-0.25, -0.2) is 5.43 Å². The second-order valence-corrected chi connectivity index (χ2v) is 8.27. The molecule has 0 fully saturated rings. The lowest BCUT2D eigenvalue weighted by molar-refractivity contribution is -0.131. The molecule has 0 aliphatic rings. The first-order valence-electron chi connectivity index (χ1n) is 10.2. The van der Waals surface area contributed by atoms with Crippen molar-refractivity contribution in [2.75, 3.05) is 19.0 Å². The molecule has 0 saturated heterocycles. The normalized spacial score (nSPS) is 11.8. The van der Waals surface area contributed by atoms with E-state index in [1.54, 1.807) is 37.4 Å². The lowest BCUT2D eigenvalue weighted by Crippen LogP contribution is -2.34. The fourth-order valence-corrected chi connectivity index (χ4v) is 3.34. The molecule has 32 heavy (non-hydrogen) atoms. The molecule has 9 heteroatoms. The van der Waals surface area contributed by atoms with Crippen LogP contribution in [0.2, 0.25) is 0 Å². The Kier molecular flexibility index (Phi) is 9.76. The predicted octanol–water partition coefficient (Wildman–Crippen LogP) is 4.21. The van der Waals surface area contributed by atoms with Crippen molar-refractivity contribution in [1.29, 1.82) is 0 Å². The average Bonchev–Trinajstić information content (AvgIpc) is 2.76. The molecule has 0 aliphatic heterocycles. The summed E-state index contributed by atoms with van der Waals surface area (Å²) in [6.07, 6.45) is 1.50. The van der Waals surface area contributed by atoms with Crippen LogP contribution in [0.5, 0.6) is 17.2 Å². The minimum atomic E-state index is -0.935. The molecule has 0 spiro atoms. The van der Waals surface area contributed by atoms with Crippen molar-refractivity contribution in [3.63, 3.8) is 0 Å². The summed E-state index contributed by atoms with van der Waals surface area (Å²) >= 11 is 2.17. The standard InChI is InChI=1S/C23H28IN3O5/c1-6-31-20-12-16(11-19(24)21(20)32-14(2)3)13-25-27-23(29)15(4)22(28)26-17-7-9-18(30-5)10-8-17/h7-15H,6H2,1-5H3,(H,26,28)(H,27,29). The van der Waals surface area contributed by atoms with Gasteiger partial charge in [0.15, 0.2) is 11.5 Å². The van der Waals surface area contributed by atoms with E-state index in [-0.39, 0.29) is 6.10 Å². The summed E-state index contributed by atoms with van der Waals surface area (Å²) in [7, 11) is 1.56. The van der Waals surface area contributed by atoms with Crippen LogP contribution in [0.1, 0.15) is 33.3 Å². The van der Waals surface area contributed by atoms with Gasteiger partial charge in [0, 0.05) is 5.69 Å². The molecule has 0 heterocycles. The molecule has 2 aromatic carbocycles. The van der Waals surface area contributed by atoms with Crippen LogP contribution in [0, 0.1) is 9.49 Å². The zero-order chi connectivity index (χ0) is 23.7. The highest BCUT2D eigenvalue weighted by molar-refractivity contribution is 14.1. The van der Waals surface area contributed by atoms with E-state index in [0.717, 1.165) is 9.13 Å². The highest BCUT2D eigenvalue weighted by atomic mass is 127. The zero-order valence-electron chi connectivity index (χ0n) is 18.8. The minimum Gasteiger partial charge on any atom is -0.497 e. The number of nitrogens with one attached hydrogen (secondary N) is 2. The molecular formula is C23H28IN3O5. The number of amides is 2. The van der Waals surface area contributed by atoms with Crippen LogP contribution < -0.4 is 25.0 Å². The molecule has 172 valence electrons. The maximum absolute atomic E-state index is 12.3. The number of hydrazone groups is 1. The summed E-state index contributed by atoms with van der Waals surface area (Å²) in [4.78, 5) is 24.7. The van der Waals surface area contributed by atoms with Crippen LogP contribution in [-0.2, 0) is 9.59 Å². The van der Waals surface area contributed by atoms with Crippen LogP contribution in [0.15, 0.2) is 41.5 Å². The monoisotopic (exact) mass is 553 g/mol. The van der Waals surface area contributed by atoms with Gasteiger partial charge in [-0.1, -0.05) is 0 Å². The van der Waals surface area contributed by atoms with E-state index in [1.165, 1.54) is 13.1 Å². The van der Waals surface area contributed by atoms with Gasteiger partial charge in [-0.05, 0) is 92.2 Å². The average molecular weight is 553 g/mol. The van der Waals surface area contributed by atoms with E-state index in [1.807, 2.05) is 26.8 Å². The van der Waals surface area contributed by atoms with E-state index >= 15 is 0 Å². The molecule has 0 aromatic heterocycles. The summed E-state index contributed by atoms with van der Waals surface area (Å²) in [5.74, 6) is 0.0582. The van der Waals surface area contributed by atoms with Crippen molar-refractivity contribution in [1.82, 2.24) is 5.43 Å². The van der Waals surface area contributed by atoms with Crippen molar-refractivity contribution in [2.45, 2.75) is 33.8 Å². The van der Waals surface area contributed by atoms with Gasteiger partial charge in [0.1, 0.15) is 11.7 Å². The molecule has 2 amide bonds. The summed E-state index contributed by atoms with van der Waals surface area (Å²) in [6.45, 7) is 7.79. The number of hydrogen-bond donors (Lipinski definition) is 2. The Bertz CT molecular complexity index is 961. The van der Waals surface area contributed by atoms with E-state index in [2.05, 4.69) is 38.4 Å². The van der Waals surface area contributed by atoms with Gasteiger partial charge in [0.2, 0.25) is 5.91 Å². The second-order valence-electron chi connectivity index (χ2n) is 7.10. The first-order valence-corrected chi connectivity index (χ1v) is 11.2. The van der Waals surface area contributed by atoms with E-state index < -0.39 is 17.7 Å². The molecule has 2 rings (SSSR count). The lowest BCUT2D eigenvalue weighted by Gasteiger charge is -2.16. The van der Waals surface area contributed by atoms with Crippen molar-refractivity contribution in [3.05, 3.63) is 45.5 Å². The highest BCUT2D eigenvalue weighted by Crippen LogP contribution is 2.34. The molecule has 2 N–H and O–H groups in total. The fourth-order valence-electron chi connectivity index (χ4n) is 2.59. The van der Waals surface area contributed by atoms with Gasteiger partial charge in [-0.15, -0.1) is 0 Å². The second kappa shape index (κ2) is 12.3. The van der Waals surface area contributed by atoms with Crippen LogP contribution in [0.3, 0.4) is 0 Å². The third kappa shape index (κ3) is 7.40. The summed E-state index contributed by atoms with van der Waals surface area (Å²) in [5, 5.41) is 6.68. The topological polar surface area (TPSA) is 98.2 Å². The molecule has 1 unspecified atom stereocenters. The highest BCUT2D eigenvalue weighted by Gasteiger charge is 2.21. The predicted molar refractivity (Wildman–Crippen MR) is 133 cm³/mol. The molecule has 0 saturated carbocycles. The van der Waals surface area contributed by atoms with Gasteiger partial charge in [-0.3, -0.25) is 9.59 Å². The number of anilines is 1.